The molecule has 2 nitrogen and oxygen atoms in total. The molecule has 0 saturated carbocycles. The lowest BCUT2D eigenvalue weighted by Gasteiger charge is -2.39. The first-order chi connectivity index (χ1) is 21.8. The highest BCUT2D eigenvalue weighted by Gasteiger charge is 2.49. The van der Waals surface area contributed by atoms with Gasteiger partial charge in [0, 0.05) is 28.2 Å². The van der Waals surface area contributed by atoms with Crippen molar-refractivity contribution in [3.8, 4) is 11.1 Å². The minimum atomic E-state index is -0.462. The standard InChI is InChI=1S/C43H37NO/c1-25-19-27(3)41(28(4)20-25)43(42-29(5)21-26(2)22-30(42)6)37-13-9-7-11-33(37)34-17-15-31(23-38(34)43)44-32-16-18-36-35-12-8-10-14-39(35)45-40(36)24-32/h7-24,44H,1-6H3. The Morgan fingerprint density at radius 1 is 0.467 bits per heavy atom. The van der Waals surface area contributed by atoms with E-state index in [4.69, 9.17) is 4.42 Å². The third-order valence-electron chi connectivity index (χ3n) is 9.82. The molecular weight excluding hydrogens is 546 g/mol. The first kappa shape index (κ1) is 27.5. The van der Waals surface area contributed by atoms with Crippen LogP contribution in [0.25, 0.3) is 33.1 Å². The number of furan rings is 1. The molecule has 45 heavy (non-hydrogen) atoms. The van der Waals surface area contributed by atoms with Gasteiger partial charge >= 0.3 is 0 Å². The smallest absolute Gasteiger partial charge is 0.137 e. The second kappa shape index (κ2) is 9.97. The highest BCUT2D eigenvalue weighted by Crippen LogP contribution is 2.59. The van der Waals surface area contributed by atoms with Crippen molar-refractivity contribution in [1.82, 2.24) is 0 Å². The SMILES string of the molecule is Cc1cc(C)c(C2(c3c(C)cc(C)cc3C)c3ccccc3-c3ccc(Nc4ccc5c(c4)oc4ccccc45)cc32)c(C)c1. The zero-order valence-electron chi connectivity index (χ0n) is 26.8. The third-order valence-corrected chi connectivity index (χ3v) is 9.82. The van der Waals surface area contributed by atoms with Crippen LogP contribution in [0, 0.1) is 41.5 Å². The van der Waals surface area contributed by atoms with E-state index in [9.17, 15) is 0 Å². The zero-order valence-corrected chi connectivity index (χ0v) is 26.8. The molecule has 1 N–H and O–H groups in total. The van der Waals surface area contributed by atoms with Crippen LogP contribution >= 0.6 is 0 Å². The Labute approximate surface area is 265 Å². The van der Waals surface area contributed by atoms with Crippen LogP contribution in [0.3, 0.4) is 0 Å². The van der Waals surface area contributed by atoms with Crippen LogP contribution in [0.5, 0.6) is 0 Å². The highest BCUT2D eigenvalue weighted by molar-refractivity contribution is 6.05. The normalized spacial score (nSPS) is 13.3. The number of rotatable bonds is 4. The van der Waals surface area contributed by atoms with E-state index in [-0.39, 0.29) is 0 Å². The van der Waals surface area contributed by atoms with Gasteiger partial charge in [0.2, 0.25) is 0 Å². The van der Waals surface area contributed by atoms with Gasteiger partial charge in [0.1, 0.15) is 11.2 Å². The third kappa shape index (κ3) is 4.02. The Morgan fingerprint density at radius 3 is 1.69 bits per heavy atom. The van der Waals surface area contributed by atoms with Crippen LogP contribution in [0.1, 0.15) is 55.6 Å². The molecule has 1 aromatic heterocycles. The van der Waals surface area contributed by atoms with Crippen molar-refractivity contribution in [3.05, 3.63) is 165 Å². The average molecular weight is 584 g/mol. The second-order valence-electron chi connectivity index (χ2n) is 13.0. The maximum Gasteiger partial charge on any atom is 0.137 e. The van der Waals surface area contributed by atoms with Crippen LogP contribution in [0.15, 0.2) is 114 Å². The summed E-state index contributed by atoms with van der Waals surface area (Å²) in [6.45, 7) is 13.6. The van der Waals surface area contributed by atoms with Crippen molar-refractivity contribution in [3.63, 3.8) is 0 Å². The van der Waals surface area contributed by atoms with E-state index < -0.39 is 5.41 Å². The van der Waals surface area contributed by atoms with Crippen LogP contribution < -0.4 is 5.32 Å². The van der Waals surface area contributed by atoms with E-state index in [0.717, 1.165) is 33.3 Å². The molecule has 0 radical (unpaired) electrons. The number of hydrogen-bond acceptors (Lipinski definition) is 2. The topological polar surface area (TPSA) is 25.2 Å². The molecule has 0 amide bonds. The molecule has 7 aromatic rings. The van der Waals surface area contributed by atoms with Gasteiger partial charge < -0.3 is 9.73 Å². The molecule has 1 heterocycles. The summed E-state index contributed by atoms with van der Waals surface area (Å²) in [5.41, 5.74) is 19.3. The van der Waals surface area contributed by atoms with E-state index in [1.165, 1.54) is 66.8 Å². The lowest BCUT2D eigenvalue weighted by Crippen LogP contribution is -2.32. The Hall–Kier alpha value is -5.08. The molecule has 220 valence electrons. The van der Waals surface area contributed by atoms with Gasteiger partial charge in [-0.15, -0.1) is 0 Å². The molecule has 1 aliphatic carbocycles. The summed E-state index contributed by atoms with van der Waals surface area (Å²) in [6.07, 6.45) is 0. The van der Waals surface area contributed by atoms with Crippen LogP contribution in [0.2, 0.25) is 0 Å². The number of anilines is 2. The van der Waals surface area contributed by atoms with Crippen LogP contribution in [0.4, 0.5) is 11.4 Å². The Morgan fingerprint density at radius 2 is 1.00 bits per heavy atom. The number of nitrogens with one attached hydrogen (secondary N) is 1. The van der Waals surface area contributed by atoms with E-state index in [2.05, 4.69) is 144 Å². The predicted molar refractivity (Wildman–Crippen MR) is 189 cm³/mol. The molecule has 6 aromatic carbocycles. The number of fused-ring (bicyclic) bond motifs is 6. The summed E-state index contributed by atoms with van der Waals surface area (Å²) in [4.78, 5) is 0. The second-order valence-corrected chi connectivity index (χ2v) is 13.0. The maximum atomic E-state index is 6.23. The monoisotopic (exact) mass is 583 g/mol. The van der Waals surface area contributed by atoms with Crippen molar-refractivity contribution in [2.75, 3.05) is 5.32 Å². The maximum absolute atomic E-state index is 6.23. The quantitative estimate of drug-likeness (QED) is 0.223. The number of hydrogen-bond donors (Lipinski definition) is 1. The lowest BCUT2D eigenvalue weighted by molar-refractivity contribution is 0.669. The van der Waals surface area contributed by atoms with Gasteiger partial charge in [0.05, 0.1) is 5.41 Å². The number of benzene rings is 6. The molecular formula is C43H37NO. The summed E-state index contributed by atoms with van der Waals surface area (Å²) < 4.78 is 6.23. The van der Waals surface area contributed by atoms with Gasteiger partial charge in [0.15, 0.2) is 0 Å². The first-order valence-corrected chi connectivity index (χ1v) is 15.8. The molecule has 0 spiro atoms. The molecule has 0 bridgehead atoms. The molecule has 0 aliphatic heterocycles. The van der Waals surface area contributed by atoms with E-state index >= 15 is 0 Å². The van der Waals surface area contributed by atoms with E-state index in [1.54, 1.807) is 0 Å². The van der Waals surface area contributed by atoms with Crippen molar-refractivity contribution in [1.29, 1.82) is 0 Å². The van der Waals surface area contributed by atoms with Gasteiger partial charge in [-0.1, -0.05) is 83.9 Å². The molecule has 0 saturated heterocycles. The molecule has 0 atom stereocenters. The zero-order chi connectivity index (χ0) is 31.0. The largest absolute Gasteiger partial charge is 0.456 e. The van der Waals surface area contributed by atoms with Crippen LogP contribution in [-0.2, 0) is 5.41 Å². The Balaban J connectivity index is 1.39. The fourth-order valence-electron chi connectivity index (χ4n) is 8.53. The van der Waals surface area contributed by atoms with Crippen molar-refractivity contribution >= 4 is 33.3 Å². The molecule has 8 rings (SSSR count). The van der Waals surface area contributed by atoms with Crippen LogP contribution in [-0.4, -0.2) is 0 Å². The summed E-state index contributed by atoms with van der Waals surface area (Å²) in [6, 6.07) is 40.1. The van der Waals surface area contributed by atoms with Gasteiger partial charge in [-0.25, -0.2) is 0 Å². The molecule has 2 heteroatoms. The summed E-state index contributed by atoms with van der Waals surface area (Å²) in [5, 5.41) is 6.03. The average Bonchev–Trinajstić information content (AvgIpc) is 3.50. The fraction of sp³-hybridized carbons (Fsp3) is 0.163. The van der Waals surface area contributed by atoms with Crippen molar-refractivity contribution in [2.24, 2.45) is 0 Å². The fourth-order valence-corrected chi connectivity index (χ4v) is 8.53. The predicted octanol–water partition coefficient (Wildman–Crippen LogP) is 11.5. The number of para-hydroxylation sites is 1. The number of aryl methyl sites for hydroxylation is 6. The molecule has 1 aliphatic rings. The van der Waals surface area contributed by atoms with E-state index in [1.807, 2.05) is 12.1 Å². The van der Waals surface area contributed by atoms with Crippen molar-refractivity contribution in [2.45, 2.75) is 47.0 Å². The van der Waals surface area contributed by atoms with Gasteiger partial charge in [-0.05, 0) is 128 Å². The van der Waals surface area contributed by atoms with E-state index in [0.29, 0.717) is 0 Å². The summed E-state index contributed by atoms with van der Waals surface area (Å²) in [5.74, 6) is 0. The first-order valence-electron chi connectivity index (χ1n) is 15.8. The Bertz CT molecular complexity index is 2210. The lowest BCUT2D eigenvalue weighted by atomic mass is 9.63. The Kier molecular flexibility index (Phi) is 6.09. The van der Waals surface area contributed by atoms with Gasteiger partial charge in [0.25, 0.3) is 0 Å². The summed E-state index contributed by atoms with van der Waals surface area (Å²) >= 11 is 0. The van der Waals surface area contributed by atoms with Crippen molar-refractivity contribution < 1.29 is 4.42 Å². The minimum Gasteiger partial charge on any atom is -0.456 e. The van der Waals surface area contributed by atoms with Gasteiger partial charge in [-0.3, -0.25) is 0 Å². The molecule has 0 unspecified atom stereocenters. The molecule has 0 fully saturated rings. The summed E-state index contributed by atoms with van der Waals surface area (Å²) in [7, 11) is 0. The highest BCUT2D eigenvalue weighted by atomic mass is 16.3. The minimum absolute atomic E-state index is 0.462. The van der Waals surface area contributed by atoms with Gasteiger partial charge in [-0.2, -0.15) is 0 Å².